The summed E-state index contributed by atoms with van der Waals surface area (Å²) < 4.78 is 18.6. The van der Waals surface area contributed by atoms with Crippen LogP contribution in [0.15, 0.2) is 56.4 Å². The number of rotatable bonds is 11. The van der Waals surface area contributed by atoms with Crippen molar-refractivity contribution in [1.82, 2.24) is 14.9 Å². The van der Waals surface area contributed by atoms with Crippen LogP contribution < -0.4 is 25.9 Å². The van der Waals surface area contributed by atoms with E-state index >= 15 is 0 Å². The smallest absolute Gasteiger partial charge is 0.336 e. The van der Waals surface area contributed by atoms with Crippen LogP contribution in [0, 0.1) is 20.8 Å². The van der Waals surface area contributed by atoms with Gasteiger partial charge in [0.2, 0.25) is 5.91 Å². The second-order valence-corrected chi connectivity index (χ2v) is 15.3. The van der Waals surface area contributed by atoms with Gasteiger partial charge >= 0.3 is 11.7 Å². The second-order valence-electron chi connectivity index (χ2n) is 14.4. The van der Waals surface area contributed by atoms with E-state index in [-0.39, 0.29) is 23.2 Å². The SMILES string of the molecule is Cc1cnc(NC(=O)Nc2cc(Br)c(C)cc2OC[C@@H]2CN(CCCCCC(=O)N3c4cc5oc(=O)cc(C)c5cc4CCC3(C)C)CCO2)cn1. The highest BCUT2D eigenvalue weighted by Crippen LogP contribution is 2.40. The highest BCUT2D eigenvalue weighted by Gasteiger charge is 2.37. The molecule has 2 N–H and O–H groups in total. The molecule has 0 aliphatic carbocycles. The lowest BCUT2D eigenvalue weighted by atomic mass is 9.85. The van der Waals surface area contributed by atoms with Gasteiger partial charge in [-0.25, -0.2) is 14.6 Å². The first-order chi connectivity index (χ1) is 24.9. The number of benzene rings is 2. The molecule has 52 heavy (non-hydrogen) atoms. The zero-order valence-electron chi connectivity index (χ0n) is 30.5. The lowest BCUT2D eigenvalue weighted by molar-refractivity contribution is -0.120. The third-order valence-corrected chi connectivity index (χ3v) is 10.7. The summed E-state index contributed by atoms with van der Waals surface area (Å²) in [6.07, 6.45) is 7.85. The molecule has 4 aromatic rings. The molecule has 1 atom stereocenters. The van der Waals surface area contributed by atoms with Gasteiger partial charge < -0.3 is 24.1 Å². The van der Waals surface area contributed by atoms with Crippen LogP contribution in [0.4, 0.5) is 22.0 Å². The summed E-state index contributed by atoms with van der Waals surface area (Å²) in [7, 11) is 0. The number of hydrogen-bond acceptors (Lipinski definition) is 9. The number of nitrogens with one attached hydrogen (secondary N) is 2. The highest BCUT2D eigenvalue weighted by molar-refractivity contribution is 9.10. The number of hydrogen-bond donors (Lipinski definition) is 2. The molecule has 2 aromatic heterocycles. The van der Waals surface area contributed by atoms with Gasteiger partial charge in [-0.2, -0.15) is 0 Å². The molecule has 6 rings (SSSR count). The zero-order valence-corrected chi connectivity index (χ0v) is 32.1. The van der Waals surface area contributed by atoms with Crippen LogP contribution in [0.1, 0.15) is 68.3 Å². The Morgan fingerprint density at radius 3 is 2.63 bits per heavy atom. The molecule has 3 amide bonds. The van der Waals surface area contributed by atoms with Crippen molar-refractivity contribution in [1.29, 1.82) is 0 Å². The Kier molecular flexibility index (Phi) is 11.6. The van der Waals surface area contributed by atoms with Crippen LogP contribution in [0.2, 0.25) is 0 Å². The molecular formula is C39H47BrN6O6. The standard InChI is InChI=1S/C39H47BrN6O6/c1-24-16-37(48)52-33-19-32-27(17-29(24)33)10-11-39(4,5)46(32)36(47)9-7-6-8-12-45-13-14-50-28(22-45)23-51-34-15-25(2)30(40)18-31(34)43-38(49)44-35-21-41-26(3)20-42-35/h15-21,28H,6-14,22-23H2,1-5H3,(H2,42,43,44,49)/t28-/m0/s1. The minimum atomic E-state index is -0.455. The molecule has 1 fully saturated rings. The van der Waals surface area contributed by atoms with Gasteiger partial charge in [-0.05, 0) is 102 Å². The molecule has 0 saturated carbocycles. The Morgan fingerprint density at radius 2 is 1.85 bits per heavy atom. The fourth-order valence-electron chi connectivity index (χ4n) is 6.92. The number of fused-ring (bicyclic) bond motifs is 2. The number of urea groups is 1. The van der Waals surface area contributed by atoms with Crippen LogP contribution in [0.5, 0.6) is 5.75 Å². The molecule has 2 aliphatic heterocycles. The molecule has 12 nitrogen and oxygen atoms in total. The van der Waals surface area contributed by atoms with Crippen molar-refractivity contribution >= 4 is 56.0 Å². The number of carbonyl (C=O) groups excluding carboxylic acids is 2. The van der Waals surface area contributed by atoms with Crippen LogP contribution in [0.25, 0.3) is 11.0 Å². The van der Waals surface area contributed by atoms with Crippen molar-refractivity contribution in [3.05, 3.63) is 80.0 Å². The Labute approximate surface area is 312 Å². The number of ether oxygens (including phenoxy) is 2. The first-order valence-electron chi connectivity index (χ1n) is 17.9. The van der Waals surface area contributed by atoms with Crippen molar-refractivity contribution in [3.63, 3.8) is 0 Å². The number of nitrogens with zero attached hydrogens (tertiary/aromatic N) is 4. The summed E-state index contributed by atoms with van der Waals surface area (Å²) in [5.74, 6) is 0.989. The Balaban J connectivity index is 0.981. The van der Waals surface area contributed by atoms with E-state index in [9.17, 15) is 14.4 Å². The second kappa shape index (κ2) is 16.1. The number of morpholine rings is 1. The molecule has 1 saturated heterocycles. The van der Waals surface area contributed by atoms with E-state index in [0.29, 0.717) is 42.5 Å². The van der Waals surface area contributed by atoms with Gasteiger partial charge in [0, 0.05) is 47.0 Å². The quantitative estimate of drug-likeness (QED) is 0.119. The average Bonchev–Trinajstić information content (AvgIpc) is 3.09. The van der Waals surface area contributed by atoms with Gasteiger partial charge in [0.15, 0.2) is 5.82 Å². The third kappa shape index (κ3) is 8.99. The average molecular weight is 776 g/mol. The number of carbonyl (C=O) groups is 2. The summed E-state index contributed by atoms with van der Waals surface area (Å²) in [6, 6.07) is 8.72. The molecule has 4 heterocycles. The molecule has 0 unspecified atom stereocenters. The van der Waals surface area contributed by atoms with Gasteiger partial charge in [0.25, 0.3) is 0 Å². The summed E-state index contributed by atoms with van der Waals surface area (Å²) in [5, 5.41) is 6.48. The summed E-state index contributed by atoms with van der Waals surface area (Å²) in [5.41, 5.74) is 4.91. The normalized spacial score (nSPS) is 17.1. The number of aryl methyl sites for hydroxylation is 4. The number of unbranched alkanes of at least 4 members (excludes halogenated alkanes) is 2. The molecule has 2 aromatic carbocycles. The van der Waals surface area contributed by atoms with E-state index in [2.05, 4.69) is 61.3 Å². The molecule has 2 aliphatic rings. The summed E-state index contributed by atoms with van der Waals surface area (Å²) in [4.78, 5) is 51.2. The van der Waals surface area contributed by atoms with Crippen molar-refractivity contribution in [2.24, 2.45) is 0 Å². The highest BCUT2D eigenvalue weighted by atomic mass is 79.9. The van der Waals surface area contributed by atoms with Gasteiger partial charge in [-0.3, -0.25) is 20.0 Å². The maximum absolute atomic E-state index is 13.7. The Hall–Kier alpha value is -4.33. The minimum absolute atomic E-state index is 0.0993. The van der Waals surface area contributed by atoms with E-state index in [4.69, 9.17) is 13.9 Å². The number of amides is 3. The number of halogens is 1. The van der Waals surface area contributed by atoms with Crippen LogP contribution in [0.3, 0.4) is 0 Å². The fourth-order valence-corrected chi connectivity index (χ4v) is 7.27. The van der Waals surface area contributed by atoms with Gasteiger partial charge in [0.05, 0.1) is 36.1 Å². The molecular weight excluding hydrogens is 728 g/mol. The largest absolute Gasteiger partial charge is 0.489 e. The van der Waals surface area contributed by atoms with Crippen molar-refractivity contribution < 1.29 is 23.5 Å². The third-order valence-electron chi connectivity index (χ3n) is 9.80. The van der Waals surface area contributed by atoms with E-state index in [0.717, 1.165) is 89.7 Å². The van der Waals surface area contributed by atoms with Gasteiger partial charge in [-0.15, -0.1) is 0 Å². The van der Waals surface area contributed by atoms with Crippen LogP contribution in [-0.4, -0.2) is 71.3 Å². The lowest BCUT2D eigenvalue weighted by Crippen LogP contribution is -2.51. The van der Waals surface area contributed by atoms with Crippen LogP contribution >= 0.6 is 15.9 Å². The number of anilines is 3. The monoisotopic (exact) mass is 774 g/mol. The molecule has 13 heteroatoms. The molecule has 0 bridgehead atoms. The maximum atomic E-state index is 13.7. The van der Waals surface area contributed by atoms with Gasteiger partial charge in [0.1, 0.15) is 24.0 Å². The first-order valence-corrected chi connectivity index (χ1v) is 18.7. The van der Waals surface area contributed by atoms with Crippen molar-refractivity contribution in [2.45, 2.75) is 84.8 Å². The van der Waals surface area contributed by atoms with Crippen molar-refractivity contribution in [2.75, 3.05) is 48.4 Å². The maximum Gasteiger partial charge on any atom is 0.336 e. The van der Waals surface area contributed by atoms with E-state index < -0.39 is 6.03 Å². The van der Waals surface area contributed by atoms with E-state index in [1.165, 1.54) is 12.3 Å². The van der Waals surface area contributed by atoms with Crippen LogP contribution in [-0.2, 0) is 16.0 Å². The topological polar surface area (TPSA) is 139 Å². The molecule has 276 valence electrons. The summed E-state index contributed by atoms with van der Waals surface area (Å²) >= 11 is 3.55. The van der Waals surface area contributed by atoms with Crippen molar-refractivity contribution in [3.8, 4) is 5.75 Å². The Bertz CT molecular complexity index is 2000. The molecule has 0 radical (unpaired) electrons. The number of aromatic nitrogens is 2. The van der Waals surface area contributed by atoms with E-state index in [1.54, 1.807) is 6.20 Å². The summed E-state index contributed by atoms with van der Waals surface area (Å²) in [6.45, 7) is 13.3. The van der Waals surface area contributed by atoms with Gasteiger partial charge in [-0.1, -0.05) is 22.4 Å². The molecule has 0 spiro atoms. The minimum Gasteiger partial charge on any atom is -0.489 e. The first kappa shape index (κ1) is 37.4. The zero-order chi connectivity index (χ0) is 37.0. The van der Waals surface area contributed by atoms with E-state index in [1.807, 2.05) is 43.9 Å². The lowest BCUT2D eigenvalue weighted by Gasteiger charge is -2.43. The Morgan fingerprint density at radius 1 is 1.02 bits per heavy atom. The predicted octanol–water partition coefficient (Wildman–Crippen LogP) is 7.31. The predicted molar refractivity (Wildman–Crippen MR) is 206 cm³/mol. The fraction of sp³-hybridized carbons (Fsp3) is 0.462.